The van der Waals surface area contributed by atoms with Crippen molar-refractivity contribution < 1.29 is 13.2 Å². The molecule has 0 amide bonds. The van der Waals surface area contributed by atoms with E-state index in [4.69, 9.17) is 10.6 Å². The highest BCUT2D eigenvalue weighted by Gasteiger charge is 2.05. The summed E-state index contributed by atoms with van der Waals surface area (Å²) in [6, 6.07) is 0. The van der Waals surface area contributed by atoms with Gasteiger partial charge in [-0.3, -0.25) is 5.84 Å². The molecule has 0 atom stereocenters. The van der Waals surface area contributed by atoms with Gasteiger partial charge in [-0.05, 0) is 6.92 Å². The van der Waals surface area contributed by atoms with Crippen LogP contribution in [-0.4, -0.2) is 27.4 Å². The van der Waals surface area contributed by atoms with Crippen molar-refractivity contribution in [2.75, 3.05) is 19.0 Å². The quantitative estimate of drug-likeness (QED) is 0.307. The van der Waals surface area contributed by atoms with Gasteiger partial charge in [0, 0.05) is 6.61 Å². The van der Waals surface area contributed by atoms with E-state index in [1.54, 1.807) is 11.8 Å². The van der Waals surface area contributed by atoms with Crippen molar-refractivity contribution in [3.8, 4) is 0 Å². The third-order valence-corrected chi connectivity index (χ3v) is 1.94. The van der Waals surface area contributed by atoms with E-state index in [0.29, 0.717) is 6.61 Å². The van der Waals surface area contributed by atoms with Gasteiger partial charge in [-0.2, -0.15) is 4.83 Å². The highest BCUT2D eigenvalue weighted by Crippen LogP contribution is 1.81. The molecule has 0 aromatic rings. The number of hydrogen-bond acceptors (Lipinski definition) is 4. The lowest BCUT2D eigenvalue weighted by molar-refractivity contribution is 0.163. The Hall–Kier alpha value is -0.170. The van der Waals surface area contributed by atoms with Gasteiger partial charge >= 0.3 is 0 Å². The van der Waals surface area contributed by atoms with Gasteiger partial charge in [0.1, 0.15) is 0 Å². The molecular weight excluding hydrogens is 156 g/mol. The van der Waals surface area contributed by atoms with Gasteiger partial charge < -0.3 is 4.74 Å². The van der Waals surface area contributed by atoms with Crippen LogP contribution < -0.4 is 10.7 Å². The first-order valence-electron chi connectivity index (χ1n) is 2.90. The summed E-state index contributed by atoms with van der Waals surface area (Å²) in [5.74, 6) is 4.61. The van der Waals surface area contributed by atoms with Crippen LogP contribution >= 0.6 is 0 Å². The Balaban J connectivity index is 3.49. The van der Waals surface area contributed by atoms with Crippen molar-refractivity contribution in [1.82, 2.24) is 4.83 Å². The zero-order chi connectivity index (χ0) is 8.04. The van der Waals surface area contributed by atoms with E-state index in [-0.39, 0.29) is 12.4 Å². The highest BCUT2D eigenvalue weighted by molar-refractivity contribution is 7.89. The predicted molar refractivity (Wildman–Crippen MR) is 37.6 cm³/mol. The smallest absolute Gasteiger partial charge is 0.226 e. The molecule has 6 heteroatoms. The van der Waals surface area contributed by atoms with Crippen LogP contribution in [-0.2, 0) is 14.8 Å². The third-order valence-electron chi connectivity index (χ3n) is 0.880. The maximum Gasteiger partial charge on any atom is 0.226 e. The number of nitrogens with two attached hydrogens (primary N) is 1. The molecule has 0 aliphatic heterocycles. The van der Waals surface area contributed by atoms with Crippen molar-refractivity contribution >= 4 is 10.0 Å². The van der Waals surface area contributed by atoms with E-state index in [0.717, 1.165) is 0 Å². The first-order valence-corrected chi connectivity index (χ1v) is 4.55. The van der Waals surface area contributed by atoms with Crippen molar-refractivity contribution in [1.29, 1.82) is 0 Å². The molecule has 3 N–H and O–H groups in total. The van der Waals surface area contributed by atoms with Crippen molar-refractivity contribution in [2.45, 2.75) is 6.92 Å². The standard InChI is InChI=1S/C4H12N2O3S/c1-2-9-3-4-10(7,8)6-5/h6H,2-5H2,1H3. The van der Waals surface area contributed by atoms with Crippen LogP contribution in [0.5, 0.6) is 0 Å². The number of hydrazine groups is 1. The maximum absolute atomic E-state index is 10.6. The first-order chi connectivity index (χ1) is 4.62. The van der Waals surface area contributed by atoms with E-state index in [1.807, 2.05) is 0 Å². The predicted octanol–water partition coefficient (Wildman–Crippen LogP) is -1.18. The molecule has 0 aliphatic carbocycles. The number of hydrogen-bond donors (Lipinski definition) is 2. The van der Waals surface area contributed by atoms with Gasteiger partial charge in [-0.15, -0.1) is 0 Å². The number of sulfonamides is 1. The fourth-order valence-electron chi connectivity index (χ4n) is 0.372. The normalized spacial score (nSPS) is 11.8. The summed E-state index contributed by atoms with van der Waals surface area (Å²) in [5.41, 5.74) is 0. The van der Waals surface area contributed by atoms with Crippen LogP contribution in [0.15, 0.2) is 0 Å². The molecule has 0 aromatic heterocycles. The third kappa shape index (κ3) is 4.68. The molecule has 0 aromatic carbocycles. The van der Waals surface area contributed by atoms with Gasteiger partial charge in [-0.25, -0.2) is 8.42 Å². The fraction of sp³-hybridized carbons (Fsp3) is 1.00. The minimum absolute atomic E-state index is 0.0860. The molecule has 10 heavy (non-hydrogen) atoms. The lowest BCUT2D eigenvalue weighted by atomic mass is 10.8. The zero-order valence-electron chi connectivity index (χ0n) is 5.83. The SMILES string of the molecule is CCOCCS(=O)(=O)NN. The van der Waals surface area contributed by atoms with E-state index in [2.05, 4.69) is 0 Å². The second-order valence-corrected chi connectivity index (χ2v) is 3.51. The number of rotatable bonds is 5. The van der Waals surface area contributed by atoms with Crippen LogP contribution in [0.2, 0.25) is 0 Å². The number of ether oxygens (including phenoxy) is 1. The molecule has 0 bridgehead atoms. The second kappa shape index (κ2) is 4.62. The molecular formula is C4H12N2O3S. The summed E-state index contributed by atoms with van der Waals surface area (Å²) in [6.45, 7) is 2.49. The molecule has 0 aliphatic rings. The van der Waals surface area contributed by atoms with E-state index < -0.39 is 10.0 Å². The van der Waals surface area contributed by atoms with Gasteiger partial charge in [0.15, 0.2) is 0 Å². The van der Waals surface area contributed by atoms with Crippen molar-refractivity contribution in [2.24, 2.45) is 5.84 Å². The Labute approximate surface area is 60.6 Å². The summed E-state index contributed by atoms with van der Waals surface area (Å²) in [5, 5.41) is 0. The van der Waals surface area contributed by atoms with E-state index in [9.17, 15) is 8.42 Å². The average molecular weight is 168 g/mol. The minimum Gasteiger partial charge on any atom is -0.381 e. The lowest BCUT2D eigenvalue weighted by Crippen LogP contribution is -2.33. The molecule has 0 unspecified atom stereocenters. The fourth-order valence-corrected chi connectivity index (χ4v) is 0.827. The first kappa shape index (κ1) is 9.83. The Bertz CT molecular complexity index is 165. The van der Waals surface area contributed by atoms with E-state index in [1.165, 1.54) is 0 Å². The van der Waals surface area contributed by atoms with Gasteiger partial charge in [0.25, 0.3) is 0 Å². The molecule has 0 rings (SSSR count). The average Bonchev–Trinajstić information content (AvgIpc) is 1.89. The lowest BCUT2D eigenvalue weighted by Gasteiger charge is -2.00. The summed E-state index contributed by atoms with van der Waals surface area (Å²) < 4.78 is 25.9. The van der Waals surface area contributed by atoms with Crippen LogP contribution in [0.3, 0.4) is 0 Å². The molecule has 0 radical (unpaired) electrons. The van der Waals surface area contributed by atoms with Crippen LogP contribution in [0.25, 0.3) is 0 Å². The van der Waals surface area contributed by atoms with E-state index >= 15 is 0 Å². The van der Waals surface area contributed by atoms with Crippen LogP contribution in [0.4, 0.5) is 0 Å². The minimum atomic E-state index is -3.29. The van der Waals surface area contributed by atoms with Gasteiger partial charge in [-0.1, -0.05) is 0 Å². The Kier molecular flexibility index (Phi) is 4.54. The van der Waals surface area contributed by atoms with Gasteiger partial charge in [0.2, 0.25) is 10.0 Å². The second-order valence-electron chi connectivity index (χ2n) is 1.63. The van der Waals surface area contributed by atoms with Crippen LogP contribution in [0, 0.1) is 0 Å². The molecule has 0 fully saturated rings. The molecule has 62 valence electrons. The summed E-state index contributed by atoms with van der Waals surface area (Å²) in [4.78, 5) is 1.69. The Morgan fingerprint density at radius 1 is 1.60 bits per heavy atom. The monoisotopic (exact) mass is 168 g/mol. The number of nitrogens with one attached hydrogen (secondary N) is 1. The molecule has 0 spiro atoms. The van der Waals surface area contributed by atoms with Gasteiger partial charge in [0.05, 0.1) is 12.4 Å². The summed E-state index contributed by atoms with van der Waals surface area (Å²) in [7, 11) is -3.29. The molecule has 0 saturated carbocycles. The Morgan fingerprint density at radius 2 is 2.20 bits per heavy atom. The Morgan fingerprint density at radius 3 is 2.60 bits per heavy atom. The largest absolute Gasteiger partial charge is 0.381 e. The van der Waals surface area contributed by atoms with Crippen molar-refractivity contribution in [3.05, 3.63) is 0 Å². The van der Waals surface area contributed by atoms with Crippen molar-refractivity contribution in [3.63, 3.8) is 0 Å². The summed E-state index contributed by atoms with van der Waals surface area (Å²) in [6.07, 6.45) is 0. The highest BCUT2D eigenvalue weighted by atomic mass is 32.2. The maximum atomic E-state index is 10.6. The molecule has 0 saturated heterocycles. The molecule has 0 heterocycles. The molecule has 5 nitrogen and oxygen atoms in total. The zero-order valence-corrected chi connectivity index (χ0v) is 6.65. The topological polar surface area (TPSA) is 81.4 Å². The van der Waals surface area contributed by atoms with Crippen LogP contribution in [0.1, 0.15) is 6.92 Å². The summed E-state index contributed by atoms with van der Waals surface area (Å²) >= 11 is 0.